The summed E-state index contributed by atoms with van der Waals surface area (Å²) in [6, 6.07) is 4.71. The Morgan fingerprint density at radius 2 is 1.42 bits per heavy atom. The third-order valence-corrected chi connectivity index (χ3v) is 8.85. The number of aliphatic hydroxyl groups excluding tert-OH is 2. The van der Waals surface area contributed by atoms with Gasteiger partial charge in [0.2, 0.25) is 0 Å². The number of para-hydroxylation sites is 1. The Balaban J connectivity index is 1.36. The lowest BCUT2D eigenvalue weighted by atomic mass is 10.0. The van der Waals surface area contributed by atoms with Crippen LogP contribution in [0.3, 0.4) is 0 Å². The summed E-state index contributed by atoms with van der Waals surface area (Å²) in [5.74, 6) is 0. The number of aliphatic hydroxyl groups is 2. The smallest absolute Gasteiger partial charge is 0.296 e. The van der Waals surface area contributed by atoms with Crippen LogP contribution in [0.1, 0.15) is 148 Å². The molecule has 0 spiro atoms. The maximum absolute atomic E-state index is 11.2. The Morgan fingerprint density at radius 1 is 0.867 bits per heavy atom. The van der Waals surface area contributed by atoms with E-state index < -0.39 is 11.0 Å². The van der Waals surface area contributed by atoms with Crippen molar-refractivity contribution >= 4 is 17.1 Å². The minimum Gasteiger partial charge on any atom is -0.395 e. The molecule has 1 aliphatic heterocycles. The van der Waals surface area contributed by atoms with Crippen LogP contribution in [0, 0.1) is 10.1 Å². The quantitative estimate of drug-likeness (QED) is 0.0287. The van der Waals surface area contributed by atoms with E-state index in [1.807, 2.05) is 12.1 Å². The molecule has 2 rings (SSSR count). The number of anilines is 2. The van der Waals surface area contributed by atoms with Gasteiger partial charge >= 0.3 is 0 Å². The minimum absolute atomic E-state index is 0.0345. The van der Waals surface area contributed by atoms with Crippen molar-refractivity contribution in [3.63, 3.8) is 0 Å². The van der Waals surface area contributed by atoms with Crippen LogP contribution >= 0.6 is 0 Å². The van der Waals surface area contributed by atoms with Gasteiger partial charge in [-0.3, -0.25) is 10.1 Å². The van der Waals surface area contributed by atoms with E-state index in [1.165, 1.54) is 122 Å². The third kappa shape index (κ3) is 17.3. The molecule has 0 radical (unpaired) electrons. The van der Waals surface area contributed by atoms with Crippen LogP contribution in [0.2, 0.25) is 0 Å². The summed E-state index contributed by atoms with van der Waals surface area (Å²) in [7, 11) is 0. The van der Waals surface area contributed by atoms with Gasteiger partial charge in [0.25, 0.3) is 5.69 Å². The van der Waals surface area contributed by atoms with Crippen LogP contribution < -0.4 is 15.9 Å². The van der Waals surface area contributed by atoms with Crippen molar-refractivity contribution in [1.29, 1.82) is 0 Å². The second kappa shape index (κ2) is 25.9. The number of allylic oxidation sites excluding steroid dienone is 1. The molecule has 0 saturated carbocycles. The molecule has 1 aromatic carbocycles. The van der Waals surface area contributed by atoms with Gasteiger partial charge in [-0.25, -0.2) is 10.5 Å². The third-order valence-electron chi connectivity index (χ3n) is 8.85. The van der Waals surface area contributed by atoms with Crippen LogP contribution in [0.5, 0.6) is 0 Å². The number of nitro benzene ring substituents is 1. The van der Waals surface area contributed by atoms with Crippen LogP contribution in [-0.2, 0) is 4.94 Å². The zero-order valence-electron chi connectivity index (χ0n) is 28.2. The highest BCUT2D eigenvalue weighted by molar-refractivity contribution is 5.80. The fourth-order valence-electron chi connectivity index (χ4n) is 5.98. The molecule has 45 heavy (non-hydrogen) atoms. The Bertz CT molecular complexity index is 915. The SMILES string of the molecule is CCCCCCCCCCCCC/C=C/[C@@H](O)[C@H](CO)NCCCCCCCCCCCCN1ONc2c1cccc2[N+](=O)[O-]. The lowest BCUT2D eigenvalue weighted by molar-refractivity contribution is -0.384. The van der Waals surface area contributed by atoms with E-state index in [2.05, 4.69) is 23.8 Å². The first-order valence-electron chi connectivity index (χ1n) is 18.2. The standard InChI is InChI=1S/C36H64N4O5/c1-2-3-4-5-6-7-8-9-10-13-16-19-22-28-35(42)32(31-41)37-29-23-20-17-14-11-12-15-18-21-24-30-39-33-26-25-27-34(40(43)44)36(33)38-45-39/h22,25-28,32,35,37-38,41-42H,2-21,23-24,29-31H2,1H3/b28-22+/t32-,35+/m0/s1. The summed E-state index contributed by atoms with van der Waals surface area (Å²) < 4.78 is 0. The number of rotatable bonds is 30. The molecule has 0 bridgehead atoms. The average Bonchev–Trinajstić information content (AvgIpc) is 3.46. The van der Waals surface area contributed by atoms with Crippen molar-refractivity contribution in [3.8, 4) is 0 Å². The van der Waals surface area contributed by atoms with Crippen molar-refractivity contribution in [2.75, 3.05) is 30.2 Å². The summed E-state index contributed by atoms with van der Waals surface area (Å²) in [4.78, 5) is 16.2. The first kappa shape index (κ1) is 39.0. The first-order chi connectivity index (χ1) is 22.1. The minimum atomic E-state index is -0.639. The molecular weight excluding hydrogens is 568 g/mol. The van der Waals surface area contributed by atoms with Crippen LogP contribution in [0.15, 0.2) is 30.4 Å². The summed E-state index contributed by atoms with van der Waals surface area (Å²) in [6.45, 7) is 3.74. The number of nitrogens with one attached hydrogen (secondary N) is 2. The van der Waals surface area contributed by atoms with Gasteiger partial charge < -0.3 is 15.5 Å². The maximum atomic E-state index is 11.2. The topological polar surface area (TPSA) is 120 Å². The zero-order valence-corrected chi connectivity index (χ0v) is 28.2. The molecule has 2 atom stereocenters. The van der Waals surface area contributed by atoms with Crippen LogP contribution in [0.4, 0.5) is 17.1 Å². The van der Waals surface area contributed by atoms with Gasteiger partial charge in [-0.2, -0.15) is 4.94 Å². The molecule has 258 valence electrons. The van der Waals surface area contributed by atoms with E-state index in [-0.39, 0.29) is 18.3 Å². The summed E-state index contributed by atoms with van der Waals surface area (Å²) in [6.07, 6.45) is 30.8. The molecule has 0 amide bonds. The molecule has 0 aliphatic carbocycles. The lowest BCUT2D eigenvalue weighted by Crippen LogP contribution is -2.42. The van der Waals surface area contributed by atoms with Crippen molar-refractivity contribution in [1.82, 2.24) is 5.32 Å². The number of benzene rings is 1. The number of nitro groups is 1. The number of nitrogens with zero attached hydrogens (tertiary/aromatic N) is 2. The van der Waals surface area contributed by atoms with E-state index in [9.17, 15) is 20.3 Å². The van der Waals surface area contributed by atoms with Gasteiger partial charge in [0.1, 0.15) is 0 Å². The van der Waals surface area contributed by atoms with Gasteiger partial charge in [0.05, 0.1) is 29.4 Å². The Kier molecular flexibility index (Phi) is 22.5. The highest BCUT2D eigenvalue weighted by Crippen LogP contribution is 2.39. The number of hydroxylamine groups is 1. The Labute approximate surface area is 273 Å². The van der Waals surface area contributed by atoms with E-state index in [0.717, 1.165) is 37.9 Å². The normalized spacial score (nSPS) is 14.2. The highest BCUT2D eigenvalue weighted by Gasteiger charge is 2.27. The van der Waals surface area contributed by atoms with Crippen LogP contribution in [0.25, 0.3) is 0 Å². The Morgan fingerprint density at radius 3 is 2.00 bits per heavy atom. The number of fused-ring (bicyclic) bond motifs is 1. The van der Waals surface area contributed by atoms with Gasteiger partial charge in [0.15, 0.2) is 5.69 Å². The van der Waals surface area contributed by atoms with Gasteiger partial charge in [-0.1, -0.05) is 141 Å². The fraction of sp³-hybridized carbons (Fsp3) is 0.778. The maximum Gasteiger partial charge on any atom is 0.296 e. The van der Waals surface area contributed by atoms with E-state index in [0.29, 0.717) is 12.2 Å². The Hall–Kier alpha value is -2.20. The van der Waals surface area contributed by atoms with E-state index >= 15 is 0 Å². The summed E-state index contributed by atoms with van der Waals surface area (Å²) in [5.41, 5.74) is 3.88. The molecule has 0 saturated heterocycles. The molecule has 1 aliphatic rings. The molecule has 9 heteroatoms. The number of hydrogen-bond acceptors (Lipinski definition) is 8. The average molecular weight is 633 g/mol. The van der Waals surface area contributed by atoms with Crippen molar-refractivity contribution in [2.45, 2.75) is 160 Å². The summed E-state index contributed by atoms with van der Waals surface area (Å²) in [5, 5.41) is 36.4. The molecule has 9 nitrogen and oxygen atoms in total. The molecule has 0 unspecified atom stereocenters. The molecule has 1 aromatic rings. The van der Waals surface area contributed by atoms with Crippen molar-refractivity contribution < 1.29 is 20.1 Å². The molecule has 4 N–H and O–H groups in total. The predicted octanol–water partition coefficient (Wildman–Crippen LogP) is 9.14. The largest absolute Gasteiger partial charge is 0.395 e. The molecule has 0 aromatic heterocycles. The first-order valence-corrected chi connectivity index (χ1v) is 18.2. The molecule has 1 heterocycles. The monoisotopic (exact) mass is 632 g/mol. The zero-order chi connectivity index (χ0) is 32.4. The second-order valence-electron chi connectivity index (χ2n) is 12.7. The second-order valence-corrected chi connectivity index (χ2v) is 12.7. The highest BCUT2D eigenvalue weighted by atomic mass is 16.8. The van der Waals surface area contributed by atoms with E-state index in [4.69, 9.17) is 4.94 Å². The van der Waals surface area contributed by atoms with Gasteiger partial charge in [0, 0.05) is 12.6 Å². The van der Waals surface area contributed by atoms with Crippen molar-refractivity contribution in [2.24, 2.45) is 0 Å². The van der Waals surface area contributed by atoms with Crippen LogP contribution in [-0.4, -0.2) is 47.0 Å². The number of unbranched alkanes of at least 4 members (excludes halogenated alkanes) is 20. The summed E-state index contributed by atoms with van der Waals surface area (Å²) >= 11 is 0. The number of hydrogen-bond donors (Lipinski definition) is 4. The van der Waals surface area contributed by atoms with E-state index in [1.54, 1.807) is 11.1 Å². The lowest BCUT2D eigenvalue weighted by Gasteiger charge is -2.19. The van der Waals surface area contributed by atoms with Gasteiger partial charge in [-0.15, -0.1) is 0 Å². The fourth-order valence-corrected chi connectivity index (χ4v) is 5.98. The van der Waals surface area contributed by atoms with Gasteiger partial charge in [-0.05, 0) is 38.3 Å². The molecular formula is C36H64N4O5. The predicted molar refractivity (Wildman–Crippen MR) is 186 cm³/mol. The van der Waals surface area contributed by atoms with Crippen molar-refractivity contribution in [3.05, 3.63) is 40.5 Å². The molecule has 0 fully saturated rings.